The Hall–Kier alpha value is -5.28. The minimum absolute atomic E-state index is 0.0212. The molecule has 0 radical (unpaired) electrons. The summed E-state index contributed by atoms with van der Waals surface area (Å²) < 4.78 is 120. The fourth-order valence-electron chi connectivity index (χ4n) is 9.35. The number of aromatic nitrogens is 3. The van der Waals surface area contributed by atoms with Crippen molar-refractivity contribution in [2.24, 2.45) is 0 Å². The standard InChI is InChI=1S/C47H48F7N4O5P/c1-9-28-12-11-13-29(10-2)40(28)58-41(34-25-56(45(7,8)43(34)55-58)24-30-14-15-31(46(49,50)51)22-35(30)47(52,53)54)32-16-17-36(48)42-33(32)18-19-57(42)38(59)23-44(5,6)39-27(4)20-26(3)21-37(39)63-64(60,61)62/h11-22H,9-10,23-25H2,1-8H3,(H2,60,61,62). The zero-order valence-corrected chi connectivity index (χ0v) is 37.4. The summed E-state index contributed by atoms with van der Waals surface area (Å²) in [4.78, 5) is 35.5. The highest BCUT2D eigenvalue weighted by molar-refractivity contribution is 7.46. The Morgan fingerprint density at radius 1 is 0.891 bits per heavy atom. The van der Waals surface area contributed by atoms with Crippen molar-refractivity contribution < 1.29 is 54.4 Å². The molecule has 0 saturated carbocycles. The number of fused-ring (bicyclic) bond motifs is 2. The lowest BCUT2D eigenvalue weighted by Gasteiger charge is -2.33. The second kappa shape index (κ2) is 16.3. The summed E-state index contributed by atoms with van der Waals surface area (Å²) in [6.45, 7) is 14.1. The fourth-order valence-corrected chi connectivity index (χ4v) is 9.75. The van der Waals surface area contributed by atoms with Crippen LogP contribution in [-0.2, 0) is 53.8 Å². The number of alkyl halides is 6. The van der Waals surface area contributed by atoms with Crippen molar-refractivity contribution >= 4 is 24.6 Å². The molecule has 9 nitrogen and oxygen atoms in total. The predicted octanol–water partition coefficient (Wildman–Crippen LogP) is 12.1. The number of aryl methyl sites for hydroxylation is 4. The number of carbonyl (C=O) groups excluding carboxylic acids is 1. The van der Waals surface area contributed by atoms with E-state index < -0.39 is 54.0 Å². The molecular formula is C47H48F7N4O5P. The normalized spacial score (nSPS) is 14.7. The maximum Gasteiger partial charge on any atom is 0.524 e. The first-order chi connectivity index (χ1) is 29.7. The summed E-state index contributed by atoms with van der Waals surface area (Å²) in [5.74, 6) is -1.34. The number of para-hydroxylation sites is 1. The smallest absolute Gasteiger partial charge is 0.404 e. The Labute approximate surface area is 365 Å². The number of carbonyl (C=O) groups is 1. The molecule has 1 aliphatic heterocycles. The lowest BCUT2D eigenvalue weighted by atomic mass is 9.78. The molecule has 0 atom stereocenters. The van der Waals surface area contributed by atoms with E-state index in [-0.39, 0.29) is 42.4 Å². The quantitative estimate of drug-likeness (QED) is 0.0984. The first-order valence-corrected chi connectivity index (χ1v) is 22.2. The Bertz CT molecular complexity index is 2850. The van der Waals surface area contributed by atoms with Gasteiger partial charge < -0.3 is 4.52 Å². The van der Waals surface area contributed by atoms with Gasteiger partial charge in [0.1, 0.15) is 11.6 Å². The van der Waals surface area contributed by atoms with Crippen LogP contribution in [0.15, 0.2) is 72.9 Å². The summed E-state index contributed by atoms with van der Waals surface area (Å²) in [6, 6.07) is 15.2. The highest BCUT2D eigenvalue weighted by Crippen LogP contribution is 2.49. The summed E-state index contributed by atoms with van der Waals surface area (Å²) in [6.07, 6.45) is -7.64. The Morgan fingerprint density at radius 3 is 2.14 bits per heavy atom. The maximum absolute atomic E-state index is 16.3. The molecule has 6 aromatic rings. The van der Waals surface area contributed by atoms with Crippen LogP contribution in [0, 0.1) is 19.7 Å². The van der Waals surface area contributed by atoms with Gasteiger partial charge in [0.2, 0.25) is 5.91 Å². The number of rotatable bonds is 11. The second-order valence-corrected chi connectivity index (χ2v) is 18.7. The molecule has 17 heteroatoms. The Morgan fingerprint density at radius 2 is 1.55 bits per heavy atom. The number of phosphoric ester groups is 1. The SMILES string of the molecule is CCc1cccc(CC)c1-n1nc2c(c1-c1ccc(F)c3c1ccn3C(=O)CC(C)(C)c1c(C)cc(C)cc1OP(=O)(O)O)CN(Cc1ccc(C(F)(F)F)cc1C(F)(F)F)C2(C)C. The molecule has 2 N–H and O–H groups in total. The van der Waals surface area contributed by atoms with Crippen LogP contribution in [0.3, 0.4) is 0 Å². The van der Waals surface area contributed by atoms with Gasteiger partial charge in [-0.15, -0.1) is 0 Å². The average Bonchev–Trinajstić information content (AvgIpc) is 3.85. The second-order valence-electron chi connectivity index (χ2n) is 17.5. The Kier molecular flexibility index (Phi) is 11.9. The van der Waals surface area contributed by atoms with E-state index in [1.807, 2.05) is 32.0 Å². The average molecular weight is 913 g/mol. The van der Waals surface area contributed by atoms with E-state index in [1.54, 1.807) is 69.3 Å². The van der Waals surface area contributed by atoms with E-state index in [1.165, 1.54) is 22.9 Å². The van der Waals surface area contributed by atoms with Gasteiger partial charge in [-0.1, -0.05) is 58.0 Å². The van der Waals surface area contributed by atoms with Crippen LogP contribution in [-0.4, -0.2) is 34.9 Å². The lowest BCUT2D eigenvalue weighted by molar-refractivity contribution is -0.143. The molecule has 3 heterocycles. The van der Waals surface area contributed by atoms with Crippen LogP contribution in [0.5, 0.6) is 5.75 Å². The number of hydrogen-bond donors (Lipinski definition) is 2. The van der Waals surface area contributed by atoms with Gasteiger partial charge in [-0.3, -0.25) is 24.0 Å². The van der Waals surface area contributed by atoms with Crippen LogP contribution in [0.4, 0.5) is 30.7 Å². The first kappa shape index (κ1) is 46.7. The van der Waals surface area contributed by atoms with Gasteiger partial charge in [0.25, 0.3) is 0 Å². The van der Waals surface area contributed by atoms with Crippen LogP contribution in [0.2, 0.25) is 0 Å². The molecule has 0 saturated heterocycles. The zero-order chi connectivity index (χ0) is 47.1. The van der Waals surface area contributed by atoms with Gasteiger partial charge in [0, 0.05) is 53.2 Å². The van der Waals surface area contributed by atoms with Gasteiger partial charge in [0.05, 0.1) is 39.3 Å². The third kappa shape index (κ3) is 8.53. The molecule has 1 aliphatic rings. The topological polar surface area (TPSA) is 110 Å². The van der Waals surface area contributed by atoms with Crippen molar-refractivity contribution in [3.8, 4) is 22.7 Å². The van der Waals surface area contributed by atoms with Crippen LogP contribution in [0.25, 0.3) is 27.8 Å². The molecule has 2 aromatic heterocycles. The molecule has 7 rings (SSSR count). The summed E-state index contributed by atoms with van der Waals surface area (Å²) >= 11 is 0. The van der Waals surface area contributed by atoms with Crippen molar-refractivity contribution in [3.63, 3.8) is 0 Å². The molecular weight excluding hydrogens is 865 g/mol. The van der Waals surface area contributed by atoms with Crippen molar-refractivity contribution in [3.05, 3.63) is 135 Å². The molecule has 4 aromatic carbocycles. The maximum atomic E-state index is 16.3. The van der Waals surface area contributed by atoms with Crippen molar-refractivity contribution in [1.82, 2.24) is 19.2 Å². The van der Waals surface area contributed by atoms with Crippen LogP contribution < -0.4 is 4.52 Å². The van der Waals surface area contributed by atoms with Crippen LogP contribution >= 0.6 is 7.82 Å². The number of phosphoric acid groups is 1. The van der Waals surface area contributed by atoms with E-state index in [4.69, 9.17) is 9.62 Å². The summed E-state index contributed by atoms with van der Waals surface area (Å²) in [5.41, 5.74) is 1.09. The zero-order valence-electron chi connectivity index (χ0n) is 36.5. The molecule has 340 valence electrons. The van der Waals surface area contributed by atoms with E-state index in [2.05, 4.69) is 0 Å². The predicted molar refractivity (Wildman–Crippen MR) is 229 cm³/mol. The lowest BCUT2D eigenvalue weighted by Crippen LogP contribution is -2.36. The summed E-state index contributed by atoms with van der Waals surface area (Å²) in [7, 11) is -5.00. The largest absolute Gasteiger partial charge is 0.524 e. The highest BCUT2D eigenvalue weighted by atomic mass is 31.2. The molecule has 64 heavy (non-hydrogen) atoms. The van der Waals surface area contributed by atoms with Crippen molar-refractivity contribution in [1.29, 1.82) is 0 Å². The van der Waals surface area contributed by atoms with Gasteiger partial charge in [-0.05, 0) is 105 Å². The van der Waals surface area contributed by atoms with E-state index in [9.17, 15) is 45.5 Å². The third-order valence-electron chi connectivity index (χ3n) is 12.2. The molecule has 0 amide bonds. The minimum atomic E-state index is -5.08. The minimum Gasteiger partial charge on any atom is -0.404 e. The number of hydrogen-bond acceptors (Lipinski definition) is 5. The number of halogens is 7. The van der Waals surface area contributed by atoms with Gasteiger partial charge in [0.15, 0.2) is 0 Å². The molecule has 0 unspecified atom stereocenters. The molecule has 0 spiro atoms. The van der Waals surface area contributed by atoms with E-state index in [0.29, 0.717) is 63.5 Å². The fraction of sp³-hybridized carbons (Fsp3) is 0.362. The van der Waals surface area contributed by atoms with Crippen LogP contribution in [0.1, 0.15) is 109 Å². The van der Waals surface area contributed by atoms with Gasteiger partial charge in [-0.2, -0.15) is 31.4 Å². The summed E-state index contributed by atoms with van der Waals surface area (Å²) in [5, 5.41) is 5.52. The molecule has 0 aliphatic carbocycles. The Balaban J connectivity index is 1.38. The van der Waals surface area contributed by atoms with Crippen molar-refractivity contribution in [2.45, 2.75) is 111 Å². The van der Waals surface area contributed by atoms with E-state index >= 15 is 4.39 Å². The third-order valence-corrected chi connectivity index (χ3v) is 12.7. The highest BCUT2D eigenvalue weighted by Gasteiger charge is 2.45. The molecule has 0 bridgehead atoms. The van der Waals surface area contributed by atoms with E-state index in [0.717, 1.165) is 22.9 Å². The number of benzene rings is 4. The van der Waals surface area contributed by atoms with Gasteiger partial charge >= 0.3 is 20.2 Å². The monoisotopic (exact) mass is 912 g/mol. The molecule has 0 fully saturated rings. The first-order valence-electron chi connectivity index (χ1n) is 20.6. The number of nitrogens with zero attached hydrogens (tertiary/aromatic N) is 4. The van der Waals surface area contributed by atoms with Crippen molar-refractivity contribution in [2.75, 3.05) is 0 Å². The van der Waals surface area contributed by atoms with Gasteiger partial charge in [-0.25, -0.2) is 13.6 Å².